The van der Waals surface area contributed by atoms with E-state index in [1.807, 2.05) is 12.1 Å². The molecule has 1 aliphatic rings. The molecule has 2 aromatic rings. The number of para-hydroxylation sites is 1. The number of thioether (sulfide) groups is 1. The molecule has 0 radical (unpaired) electrons. The van der Waals surface area contributed by atoms with Crippen molar-refractivity contribution in [3.63, 3.8) is 0 Å². The standard InChI is InChI=1S/C18H13Cl2NO4S/c19-12-6-5-11(7-13(12)20)15(22)9-25-18(24)8-21-14-3-1-2-4-16(14)26-10-17(21)23/h1-7H,8-10H2. The van der Waals surface area contributed by atoms with Crippen LogP contribution in [-0.2, 0) is 14.3 Å². The third-order valence-electron chi connectivity index (χ3n) is 3.70. The number of carbonyl (C=O) groups is 3. The van der Waals surface area contributed by atoms with Gasteiger partial charge in [0.15, 0.2) is 12.4 Å². The van der Waals surface area contributed by atoms with Crippen LogP contribution in [0, 0.1) is 0 Å². The van der Waals surface area contributed by atoms with E-state index in [0.29, 0.717) is 16.3 Å². The summed E-state index contributed by atoms with van der Waals surface area (Å²) in [5, 5.41) is 0.581. The first-order valence-corrected chi connectivity index (χ1v) is 9.36. The summed E-state index contributed by atoms with van der Waals surface area (Å²) >= 11 is 13.1. The highest BCUT2D eigenvalue weighted by Gasteiger charge is 2.27. The molecule has 134 valence electrons. The zero-order valence-electron chi connectivity index (χ0n) is 13.4. The minimum Gasteiger partial charge on any atom is -0.456 e. The number of Topliss-reactive ketones (excluding diaryl/α,β-unsaturated/α-hetero) is 1. The Morgan fingerprint density at radius 1 is 1.12 bits per heavy atom. The molecule has 8 heteroatoms. The van der Waals surface area contributed by atoms with Crippen molar-refractivity contribution in [2.75, 3.05) is 23.8 Å². The fourth-order valence-corrected chi connectivity index (χ4v) is 3.63. The van der Waals surface area contributed by atoms with Gasteiger partial charge in [0, 0.05) is 10.5 Å². The number of ketones is 1. The van der Waals surface area contributed by atoms with E-state index in [1.165, 1.54) is 34.9 Å². The number of halogens is 2. The summed E-state index contributed by atoms with van der Waals surface area (Å²) in [6.07, 6.45) is 0. The molecule has 0 saturated carbocycles. The maximum Gasteiger partial charge on any atom is 0.326 e. The summed E-state index contributed by atoms with van der Waals surface area (Å²) in [6, 6.07) is 11.7. The van der Waals surface area contributed by atoms with E-state index >= 15 is 0 Å². The van der Waals surface area contributed by atoms with Crippen LogP contribution in [0.3, 0.4) is 0 Å². The Morgan fingerprint density at radius 2 is 1.88 bits per heavy atom. The smallest absolute Gasteiger partial charge is 0.326 e. The summed E-state index contributed by atoms with van der Waals surface area (Å²) in [7, 11) is 0. The molecule has 0 atom stereocenters. The monoisotopic (exact) mass is 409 g/mol. The molecule has 2 aromatic carbocycles. The van der Waals surface area contributed by atoms with Crippen molar-refractivity contribution in [3.8, 4) is 0 Å². The summed E-state index contributed by atoms with van der Waals surface area (Å²) < 4.78 is 5.03. The van der Waals surface area contributed by atoms with Crippen LogP contribution in [0.4, 0.5) is 5.69 Å². The number of carbonyl (C=O) groups excluding carboxylic acids is 3. The number of hydrogen-bond donors (Lipinski definition) is 0. The van der Waals surface area contributed by atoms with Crippen LogP contribution >= 0.6 is 35.0 Å². The van der Waals surface area contributed by atoms with Gasteiger partial charge in [-0.15, -0.1) is 11.8 Å². The number of anilines is 1. The first kappa shape index (κ1) is 18.8. The molecule has 0 aliphatic carbocycles. The lowest BCUT2D eigenvalue weighted by Gasteiger charge is -2.27. The van der Waals surface area contributed by atoms with Crippen LogP contribution in [0.15, 0.2) is 47.4 Å². The molecule has 5 nitrogen and oxygen atoms in total. The van der Waals surface area contributed by atoms with E-state index in [9.17, 15) is 14.4 Å². The second-order valence-corrected chi connectivity index (χ2v) is 7.28. The molecule has 0 saturated heterocycles. The van der Waals surface area contributed by atoms with Crippen molar-refractivity contribution in [1.82, 2.24) is 0 Å². The summed E-state index contributed by atoms with van der Waals surface area (Å²) in [4.78, 5) is 38.6. The van der Waals surface area contributed by atoms with Gasteiger partial charge in [0.25, 0.3) is 0 Å². The Kier molecular flexibility index (Phi) is 5.86. The lowest BCUT2D eigenvalue weighted by atomic mass is 10.1. The first-order valence-electron chi connectivity index (χ1n) is 7.62. The Bertz CT molecular complexity index is 887. The Hall–Kier alpha value is -2.02. The van der Waals surface area contributed by atoms with Gasteiger partial charge in [-0.25, -0.2) is 0 Å². The highest BCUT2D eigenvalue weighted by molar-refractivity contribution is 8.00. The number of fused-ring (bicyclic) bond motifs is 1. The number of esters is 1. The van der Waals surface area contributed by atoms with E-state index in [0.717, 1.165) is 4.90 Å². The highest BCUT2D eigenvalue weighted by atomic mass is 35.5. The minimum absolute atomic E-state index is 0.179. The molecule has 0 aromatic heterocycles. The molecule has 26 heavy (non-hydrogen) atoms. The Balaban J connectivity index is 1.61. The number of hydrogen-bond acceptors (Lipinski definition) is 5. The van der Waals surface area contributed by atoms with Gasteiger partial charge in [-0.1, -0.05) is 35.3 Å². The Morgan fingerprint density at radius 3 is 2.65 bits per heavy atom. The molecule has 0 spiro atoms. The van der Waals surface area contributed by atoms with Crippen molar-refractivity contribution in [2.24, 2.45) is 0 Å². The summed E-state index contributed by atoms with van der Waals surface area (Å²) in [5.41, 5.74) is 0.963. The molecule has 1 heterocycles. The molecule has 3 rings (SSSR count). The van der Waals surface area contributed by atoms with E-state index in [2.05, 4.69) is 0 Å². The van der Waals surface area contributed by atoms with Gasteiger partial charge in [-0.2, -0.15) is 0 Å². The molecular weight excluding hydrogens is 397 g/mol. The number of ether oxygens (including phenoxy) is 1. The number of benzene rings is 2. The number of amides is 1. The average molecular weight is 410 g/mol. The predicted octanol–water partition coefficient (Wildman–Crippen LogP) is 3.86. The van der Waals surface area contributed by atoms with Crippen LogP contribution < -0.4 is 4.90 Å². The van der Waals surface area contributed by atoms with E-state index in [4.69, 9.17) is 27.9 Å². The zero-order valence-corrected chi connectivity index (χ0v) is 15.7. The first-order chi connectivity index (χ1) is 12.5. The van der Waals surface area contributed by atoms with Crippen molar-refractivity contribution < 1.29 is 19.1 Å². The van der Waals surface area contributed by atoms with Crippen molar-refractivity contribution in [3.05, 3.63) is 58.1 Å². The van der Waals surface area contributed by atoms with Gasteiger partial charge in [0.1, 0.15) is 6.54 Å². The van der Waals surface area contributed by atoms with E-state index in [-0.39, 0.29) is 23.2 Å². The molecule has 0 unspecified atom stereocenters. The number of rotatable bonds is 5. The van der Waals surface area contributed by atoms with Gasteiger partial charge in [0.05, 0.1) is 21.5 Å². The molecule has 0 fully saturated rings. The maximum absolute atomic E-state index is 12.1. The molecular formula is C18H13Cl2NO4S. The third kappa shape index (κ3) is 4.20. The fraction of sp³-hybridized carbons (Fsp3) is 0.167. The normalized spacial score (nSPS) is 13.3. The van der Waals surface area contributed by atoms with Crippen LogP contribution in [0.2, 0.25) is 10.0 Å². The van der Waals surface area contributed by atoms with Crippen LogP contribution in [0.1, 0.15) is 10.4 Å². The zero-order chi connectivity index (χ0) is 18.7. The maximum atomic E-state index is 12.1. The van der Waals surface area contributed by atoms with Crippen LogP contribution in [0.5, 0.6) is 0 Å². The van der Waals surface area contributed by atoms with Gasteiger partial charge in [0.2, 0.25) is 5.91 Å². The van der Waals surface area contributed by atoms with Gasteiger partial charge < -0.3 is 4.74 Å². The second-order valence-electron chi connectivity index (χ2n) is 5.45. The quantitative estimate of drug-likeness (QED) is 0.554. The molecule has 0 N–H and O–H groups in total. The van der Waals surface area contributed by atoms with E-state index in [1.54, 1.807) is 12.1 Å². The molecule has 1 aliphatic heterocycles. The average Bonchev–Trinajstić information content (AvgIpc) is 2.64. The largest absolute Gasteiger partial charge is 0.456 e. The van der Waals surface area contributed by atoms with Crippen LogP contribution in [0.25, 0.3) is 0 Å². The second kappa shape index (κ2) is 8.12. The highest BCUT2D eigenvalue weighted by Crippen LogP contribution is 2.34. The summed E-state index contributed by atoms with van der Waals surface area (Å²) in [6.45, 7) is -0.680. The van der Waals surface area contributed by atoms with Gasteiger partial charge in [-0.3, -0.25) is 19.3 Å². The van der Waals surface area contributed by atoms with Crippen molar-refractivity contribution >= 4 is 58.3 Å². The van der Waals surface area contributed by atoms with Crippen molar-refractivity contribution in [2.45, 2.75) is 4.90 Å². The van der Waals surface area contributed by atoms with Crippen molar-refractivity contribution in [1.29, 1.82) is 0 Å². The molecule has 0 bridgehead atoms. The number of nitrogens with zero attached hydrogens (tertiary/aromatic N) is 1. The fourth-order valence-electron chi connectivity index (χ4n) is 2.40. The van der Waals surface area contributed by atoms with Crippen LogP contribution in [-0.4, -0.2) is 36.6 Å². The predicted molar refractivity (Wildman–Crippen MR) is 101 cm³/mol. The SMILES string of the molecule is O=C(CN1C(=O)CSc2ccccc21)OCC(=O)c1ccc(Cl)c(Cl)c1. The molecule has 1 amide bonds. The Labute approximate surface area is 164 Å². The minimum atomic E-state index is -0.659. The lowest BCUT2D eigenvalue weighted by molar-refractivity contribution is -0.141. The topological polar surface area (TPSA) is 63.7 Å². The third-order valence-corrected chi connectivity index (χ3v) is 5.49. The van der Waals surface area contributed by atoms with Gasteiger partial charge in [-0.05, 0) is 30.3 Å². The lowest BCUT2D eigenvalue weighted by Crippen LogP contribution is -2.40. The van der Waals surface area contributed by atoms with Gasteiger partial charge >= 0.3 is 5.97 Å². The van der Waals surface area contributed by atoms with E-state index < -0.39 is 18.4 Å². The summed E-state index contributed by atoms with van der Waals surface area (Å²) in [5.74, 6) is -0.986.